The minimum Gasteiger partial charge on any atom is -0.309 e. The average molecular weight is 282 g/mol. The number of aromatic nitrogens is 1. The third-order valence-corrected chi connectivity index (χ3v) is 6.42. The fourth-order valence-electron chi connectivity index (χ4n) is 2.30. The van der Waals surface area contributed by atoms with Crippen molar-refractivity contribution < 1.29 is 0 Å². The highest BCUT2D eigenvalue weighted by Crippen LogP contribution is 2.38. The number of nitrogens with one attached hydrogen (secondary N) is 1. The third kappa shape index (κ3) is 3.65. The first-order valence-electron chi connectivity index (χ1n) is 6.69. The zero-order valence-corrected chi connectivity index (χ0v) is 12.8. The predicted octanol–water partition coefficient (Wildman–Crippen LogP) is 3.36. The van der Waals surface area contributed by atoms with Gasteiger partial charge in [-0.15, -0.1) is 0 Å². The van der Waals surface area contributed by atoms with Crippen LogP contribution in [-0.2, 0) is 0 Å². The Morgan fingerprint density at radius 2 is 2.28 bits per heavy atom. The zero-order valence-electron chi connectivity index (χ0n) is 11.1. The summed E-state index contributed by atoms with van der Waals surface area (Å²) in [6, 6.07) is 4.68. The van der Waals surface area contributed by atoms with Gasteiger partial charge in [0.1, 0.15) is 0 Å². The van der Waals surface area contributed by atoms with Crippen LogP contribution in [0, 0.1) is 0 Å². The van der Waals surface area contributed by atoms with Gasteiger partial charge < -0.3 is 5.32 Å². The Morgan fingerprint density at radius 3 is 2.94 bits per heavy atom. The molecule has 1 aromatic rings. The molecule has 0 bridgehead atoms. The van der Waals surface area contributed by atoms with Gasteiger partial charge in [-0.2, -0.15) is 23.5 Å². The van der Waals surface area contributed by atoms with E-state index < -0.39 is 0 Å². The first-order chi connectivity index (χ1) is 8.83. The van der Waals surface area contributed by atoms with Gasteiger partial charge in [-0.05, 0) is 24.6 Å². The first kappa shape index (κ1) is 14.2. The highest BCUT2D eigenvalue weighted by atomic mass is 32.2. The van der Waals surface area contributed by atoms with Crippen molar-refractivity contribution in [3.05, 3.63) is 30.1 Å². The molecule has 3 atom stereocenters. The van der Waals surface area contributed by atoms with Gasteiger partial charge in [0, 0.05) is 40.4 Å². The molecule has 100 valence electrons. The molecule has 18 heavy (non-hydrogen) atoms. The molecular weight excluding hydrogens is 260 g/mol. The molecule has 0 aromatic carbocycles. The fourth-order valence-corrected chi connectivity index (χ4v) is 5.25. The van der Waals surface area contributed by atoms with E-state index in [0.29, 0.717) is 16.5 Å². The van der Waals surface area contributed by atoms with Gasteiger partial charge in [0.25, 0.3) is 0 Å². The van der Waals surface area contributed by atoms with E-state index in [1.165, 1.54) is 23.5 Å². The lowest BCUT2D eigenvalue weighted by atomic mass is 10.0. The van der Waals surface area contributed by atoms with Crippen molar-refractivity contribution in [3.8, 4) is 0 Å². The summed E-state index contributed by atoms with van der Waals surface area (Å²) in [6.07, 6.45) is 5.04. The average Bonchev–Trinajstić information content (AvgIpc) is 2.42. The van der Waals surface area contributed by atoms with E-state index >= 15 is 0 Å². The summed E-state index contributed by atoms with van der Waals surface area (Å²) in [5.74, 6) is 2.56. The minimum absolute atomic E-state index is 0.437. The normalized spacial score (nSPS) is 25.9. The second-order valence-electron chi connectivity index (χ2n) is 4.63. The summed E-state index contributed by atoms with van der Waals surface area (Å²) in [4.78, 5) is 4.28. The highest BCUT2D eigenvalue weighted by Gasteiger charge is 2.31. The van der Waals surface area contributed by atoms with Crippen LogP contribution in [0.1, 0.15) is 31.9 Å². The summed E-state index contributed by atoms with van der Waals surface area (Å²) in [5.41, 5.74) is 1.33. The Hall–Kier alpha value is -0.190. The SMILES string of the molecule is CCCNC(c1cccnc1)C1SCCSC1C. The lowest BCUT2D eigenvalue weighted by molar-refractivity contribution is 0.507. The van der Waals surface area contributed by atoms with Gasteiger partial charge in [-0.1, -0.05) is 19.9 Å². The standard InChI is InChI=1S/C14H22N2S2/c1-3-6-16-13(12-5-4-7-15-10-12)14-11(2)17-8-9-18-14/h4-5,7,10-11,13-14,16H,3,6,8-9H2,1-2H3. The lowest BCUT2D eigenvalue weighted by Gasteiger charge is -2.35. The van der Waals surface area contributed by atoms with Crippen LogP contribution in [0.4, 0.5) is 0 Å². The van der Waals surface area contributed by atoms with Crippen LogP contribution < -0.4 is 5.32 Å². The van der Waals surface area contributed by atoms with Gasteiger partial charge in [-0.25, -0.2) is 0 Å². The van der Waals surface area contributed by atoms with Crippen molar-refractivity contribution in [1.82, 2.24) is 10.3 Å². The second-order valence-corrected chi connectivity index (χ2v) is 7.40. The molecule has 0 aliphatic carbocycles. The van der Waals surface area contributed by atoms with E-state index in [9.17, 15) is 0 Å². The van der Waals surface area contributed by atoms with E-state index in [4.69, 9.17) is 0 Å². The van der Waals surface area contributed by atoms with E-state index in [2.05, 4.69) is 53.7 Å². The van der Waals surface area contributed by atoms with Gasteiger partial charge in [0.2, 0.25) is 0 Å². The fraction of sp³-hybridized carbons (Fsp3) is 0.643. The molecule has 2 heterocycles. The molecule has 0 saturated carbocycles. The van der Waals surface area contributed by atoms with Crippen LogP contribution >= 0.6 is 23.5 Å². The van der Waals surface area contributed by atoms with E-state index in [-0.39, 0.29) is 0 Å². The lowest BCUT2D eigenvalue weighted by Crippen LogP contribution is -2.38. The maximum atomic E-state index is 4.28. The monoisotopic (exact) mass is 282 g/mol. The van der Waals surface area contributed by atoms with Crippen LogP contribution in [0.15, 0.2) is 24.5 Å². The summed E-state index contributed by atoms with van der Waals surface area (Å²) in [6.45, 7) is 5.66. The number of thioether (sulfide) groups is 2. The largest absolute Gasteiger partial charge is 0.309 e. The molecule has 2 rings (SSSR count). The zero-order chi connectivity index (χ0) is 12.8. The predicted molar refractivity (Wildman–Crippen MR) is 83.4 cm³/mol. The summed E-state index contributed by atoms with van der Waals surface area (Å²) >= 11 is 4.21. The molecular formula is C14H22N2S2. The van der Waals surface area contributed by atoms with Crippen LogP contribution in [0.2, 0.25) is 0 Å². The van der Waals surface area contributed by atoms with Crippen molar-refractivity contribution in [3.63, 3.8) is 0 Å². The highest BCUT2D eigenvalue weighted by molar-refractivity contribution is 8.07. The number of rotatable bonds is 5. The molecule has 1 fully saturated rings. The maximum Gasteiger partial charge on any atom is 0.0466 e. The van der Waals surface area contributed by atoms with Crippen LogP contribution in [0.5, 0.6) is 0 Å². The van der Waals surface area contributed by atoms with Crippen LogP contribution in [-0.4, -0.2) is 33.5 Å². The molecule has 0 amide bonds. The quantitative estimate of drug-likeness (QED) is 0.895. The van der Waals surface area contributed by atoms with Crippen molar-refractivity contribution in [2.24, 2.45) is 0 Å². The molecule has 1 saturated heterocycles. The van der Waals surface area contributed by atoms with Gasteiger partial charge in [0.05, 0.1) is 0 Å². The van der Waals surface area contributed by atoms with E-state index in [1.807, 2.05) is 18.5 Å². The van der Waals surface area contributed by atoms with Gasteiger partial charge in [-0.3, -0.25) is 4.98 Å². The topological polar surface area (TPSA) is 24.9 Å². The molecule has 1 aromatic heterocycles. The summed E-state index contributed by atoms with van der Waals surface area (Å²) in [5, 5.41) is 5.07. The number of hydrogen-bond acceptors (Lipinski definition) is 4. The Morgan fingerprint density at radius 1 is 1.44 bits per heavy atom. The van der Waals surface area contributed by atoms with Crippen molar-refractivity contribution >= 4 is 23.5 Å². The summed E-state index contributed by atoms with van der Waals surface area (Å²) in [7, 11) is 0. The van der Waals surface area contributed by atoms with Gasteiger partial charge in [0.15, 0.2) is 0 Å². The Kier molecular flexibility index (Phi) is 5.86. The molecule has 1 aliphatic rings. The maximum absolute atomic E-state index is 4.28. The molecule has 1 N–H and O–H groups in total. The van der Waals surface area contributed by atoms with E-state index in [0.717, 1.165) is 6.54 Å². The second kappa shape index (κ2) is 7.41. The van der Waals surface area contributed by atoms with Crippen molar-refractivity contribution in [2.75, 3.05) is 18.1 Å². The number of pyridine rings is 1. The van der Waals surface area contributed by atoms with Crippen LogP contribution in [0.25, 0.3) is 0 Å². The number of hydrogen-bond donors (Lipinski definition) is 1. The molecule has 4 heteroatoms. The van der Waals surface area contributed by atoms with Gasteiger partial charge >= 0.3 is 0 Å². The van der Waals surface area contributed by atoms with Crippen molar-refractivity contribution in [1.29, 1.82) is 0 Å². The molecule has 0 spiro atoms. The Balaban J connectivity index is 2.13. The van der Waals surface area contributed by atoms with E-state index in [1.54, 1.807) is 0 Å². The number of nitrogens with zero attached hydrogens (tertiary/aromatic N) is 1. The summed E-state index contributed by atoms with van der Waals surface area (Å²) < 4.78 is 0. The molecule has 1 aliphatic heterocycles. The molecule has 2 nitrogen and oxygen atoms in total. The molecule has 3 unspecified atom stereocenters. The Bertz CT molecular complexity index is 345. The first-order valence-corrected chi connectivity index (χ1v) is 8.79. The third-order valence-electron chi connectivity index (χ3n) is 3.22. The smallest absolute Gasteiger partial charge is 0.0466 e. The van der Waals surface area contributed by atoms with Crippen molar-refractivity contribution in [2.45, 2.75) is 36.8 Å². The van der Waals surface area contributed by atoms with Crippen LogP contribution in [0.3, 0.4) is 0 Å². The molecule has 0 radical (unpaired) electrons. The minimum atomic E-state index is 0.437. The Labute approximate surface area is 119 Å².